The Balaban J connectivity index is 1.38. The fourth-order valence-electron chi connectivity index (χ4n) is 4.16. The minimum atomic E-state index is -0.533. The molecule has 4 rings (SSSR count). The van der Waals surface area contributed by atoms with E-state index >= 15 is 0 Å². The first kappa shape index (κ1) is 25.8. The van der Waals surface area contributed by atoms with Gasteiger partial charge in [0, 0.05) is 25.2 Å². The monoisotopic (exact) mass is 501 g/mol. The molecule has 0 spiro atoms. The summed E-state index contributed by atoms with van der Waals surface area (Å²) in [6.45, 7) is 4.49. The summed E-state index contributed by atoms with van der Waals surface area (Å²) in [5.74, 6) is 0.203. The van der Waals surface area contributed by atoms with Crippen LogP contribution in [0.3, 0.4) is 0 Å². The number of rotatable bonds is 9. The minimum Gasteiger partial charge on any atom is -0.497 e. The van der Waals surface area contributed by atoms with Crippen LogP contribution >= 0.6 is 0 Å². The van der Waals surface area contributed by atoms with E-state index in [0.717, 1.165) is 22.7 Å². The Morgan fingerprint density at radius 3 is 2.32 bits per heavy atom. The normalized spacial score (nSPS) is 15.0. The molecule has 0 bridgehead atoms. The molecule has 8 nitrogen and oxygen atoms in total. The first-order chi connectivity index (χ1) is 17.8. The molecule has 0 aliphatic carbocycles. The predicted molar refractivity (Wildman–Crippen MR) is 142 cm³/mol. The van der Waals surface area contributed by atoms with Crippen molar-refractivity contribution in [1.82, 2.24) is 5.32 Å². The highest BCUT2D eigenvalue weighted by molar-refractivity contribution is 6.07. The number of benzene rings is 3. The number of anilines is 2. The van der Waals surface area contributed by atoms with Crippen LogP contribution in [0.2, 0.25) is 0 Å². The van der Waals surface area contributed by atoms with Crippen LogP contribution in [0.5, 0.6) is 11.5 Å². The molecule has 0 unspecified atom stereocenters. The number of methoxy groups -OCH3 is 1. The second-order valence-corrected chi connectivity index (χ2v) is 9.13. The van der Waals surface area contributed by atoms with Crippen molar-refractivity contribution in [3.8, 4) is 11.5 Å². The van der Waals surface area contributed by atoms with Crippen molar-refractivity contribution in [2.24, 2.45) is 5.92 Å². The lowest BCUT2D eigenvalue weighted by Gasteiger charge is -2.18. The molecule has 192 valence electrons. The van der Waals surface area contributed by atoms with Crippen LogP contribution in [0.15, 0.2) is 72.8 Å². The number of nitrogens with one attached hydrogen (secondary N) is 2. The number of para-hydroxylation sites is 1. The Bertz CT molecular complexity index is 1260. The first-order valence-corrected chi connectivity index (χ1v) is 12.2. The van der Waals surface area contributed by atoms with E-state index in [0.29, 0.717) is 17.8 Å². The van der Waals surface area contributed by atoms with E-state index in [-0.39, 0.29) is 36.8 Å². The number of ether oxygens (including phenoxy) is 2. The van der Waals surface area contributed by atoms with Gasteiger partial charge in [0.2, 0.25) is 11.8 Å². The van der Waals surface area contributed by atoms with Crippen molar-refractivity contribution in [3.63, 3.8) is 0 Å². The van der Waals surface area contributed by atoms with Crippen LogP contribution in [0.4, 0.5) is 11.4 Å². The molecule has 3 aromatic rings. The molecule has 1 heterocycles. The van der Waals surface area contributed by atoms with Crippen LogP contribution < -0.4 is 25.0 Å². The molecule has 8 heteroatoms. The van der Waals surface area contributed by atoms with Crippen molar-refractivity contribution >= 4 is 29.1 Å². The van der Waals surface area contributed by atoms with Gasteiger partial charge in [-0.1, -0.05) is 24.3 Å². The quantitative estimate of drug-likeness (QED) is 0.453. The lowest BCUT2D eigenvalue weighted by molar-refractivity contribution is -0.122. The lowest BCUT2D eigenvalue weighted by atomic mass is 10.1. The van der Waals surface area contributed by atoms with E-state index in [1.165, 1.54) is 0 Å². The maximum absolute atomic E-state index is 13.1. The van der Waals surface area contributed by atoms with Gasteiger partial charge in [0.1, 0.15) is 11.5 Å². The lowest BCUT2D eigenvalue weighted by Crippen LogP contribution is -2.29. The van der Waals surface area contributed by atoms with Gasteiger partial charge in [0.05, 0.1) is 30.4 Å². The van der Waals surface area contributed by atoms with Gasteiger partial charge >= 0.3 is 0 Å². The number of amides is 3. The molecule has 0 aromatic heterocycles. The summed E-state index contributed by atoms with van der Waals surface area (Å²) >= 11 is 0. The van der Waals surface area contributed by atoms with E-state index in [1.807, 2.05) is 62.4 Å². The molecule has 2 N–H and O–H groups in total. The van der Waals surface area contributed by atoms with Crippen molar-refractivity contribution in [2.75, 3.05) is 23.9 Å². The Kier molecular flexibility index (Phi) is 8.08. The van der Waals surface area contributed by atoms with Gasteiger partial charge < -0.3 is 25.0 Å². The second kappa shape index (κ2) is 11.6. The maximum atomic E-state index is 13.1. The van der Waals surface area contributed by atoms with Gasteiger partial charge in [-0.25, -0.2) is 0 Å². The van der Waals surface area contributed by atoms with Crippen LogP contribution in [0, 0.1) is 5.92 Å². The molecule has 0 saturated carbocycles. The number of carbonyl (C=O) groups excluding carboxylic acids is 3. The zero-order valence-corrected chi connectivity index (χ0v) is 21.2. The molecule has 3 amide bonds. The second-order valence-electron chi connectivity index (χ2n) is 9.13. The molecule has 1 atom stereocenters. The number of hydrogen-bond acceptors (Lipinski definition) is 5. The van der Waals surface area contributed by atoms with Gasteiger partial charge in [-0.15, -0.1) is 0 Å². The van der Waals surface area contributed by atoms with E-state index < -0.39 is 5.92 Å². The summed E-state index contributed by atoms with van der Waals surface area (Å²) in [6.07, 6.45) is 0.154. The predicted octanol–water partition coefficient (Wildman–Crippen LogP) is 4.40. The molecule has 1 aliphatic heterocycles. The fourth-order valence-corrected chi connectivity index (χ4v) is 4.16. The van der Waals surface area contributed by atoms with Gasteiger partial charge in [-0.05, 0) is 67.9 Å². The molecule has 1 saturated heterocycles. The Hall–Kier alpha value is -4.33. The zero-order chi connectivity index (χ0) is 26.4. The zero-order valence-electron chi connectivity index (χ0n) is 21.2. The molecule has 37 heavy (non-hydrogen) atoms. The van der Waals surface area contributed by atoms with Crippen molar-refractivity contribution < 1.29 is 23.9 Å². The van der Waals surface area contributed by atoms with Crippen LogP contribution in [0.1, 0.15) is 36.2 Å². The summed E-state index contributed by atoms with van der Waals surface area (Å²) in [4.78, 5) is 40.3. The van der Waals surface area contributed by atoms with Crippen LogP contribution in [-0.2, 0) is 16.1 Å². The van der Waals surface area contributed by atoms with Gasteiger partial charge in [0.15, 0.2) is 0 Å². The highest BCUT2D eigenvalue weighted by atomic mass is 16.5. The average molecular weight is 502 g/mol. The minimum absolute atomic E-state index is 0.0553. The SMILES string of the molecule is COc1ccc(CNC(=O)c2ccccc2NC(=O)[C@@H]2CC(=O)N(c3ccc(OC(C)C)cc3)C2)cc1. The first-order valence-electron chi connectivity index (χ1n) is 12.2. The third-order valence-electron chi connectivity index (χ3n) is 6.06. The number of nitrogens with zero attached hydrogens (tertiary/aromatic N) is 1. The fraction of sp³-hybridized carbons (Fsp3) is 0.276. The van der Waals surface area contributed by atoms with Crippen molar-refractivity contribution in [1.29, 1.82) is 0 Å². The van der Waals surface area contributed by atoms with E-state index in [1.54, 1.807) is 36.3 Å². The largest absolute Gasteiger partial charge is 0.497 e. The van der Waals surface area contributed by atoms with E-state index in [2.05, 4.69) is 10.6 Å². The molecule has 0 radical (unpaired) electrons. The Labute approximate surface area is 216 Å². The molecular weight excluding hydrogens is 470 g/mol. The van der Waals surface area contributed by atoms with E-state index in [4.69, 9.17) is 9.47 Å². The summed E-state index contributed by atoms with van der Waals surface area (Å²) in [5.41, 5.74) is 2.39. The summed E-state index contributed by atoms with van der Waals surface area (Å²) in [6, 6.07) is 21.5. The van der Waals surface area contributed by atoms with Gasteiger partial charge in [0.25, 0.3) is 5.91 Å². The number of carbonyl (C=O) groups is 3. The molecular formula is C29H31N3O5. The summed E-state index contributed by atoms with van der Waals surface area (Å²) in [5, 5.41) is 5.74. The van der Waals surface area contributed by atoms with Gasteiger partial charge in [-0.3, -0.25) is 14.4 Å². The Morgan fingerprint density at radius 2 is 1.65 bits per heavy atom. The van der Waals surface area contributed by atoms with Crippen LogP contribution in [0.25, 0.3) is 0 Å². The van der Waals surface area contributed by atoms with Gasteiger partial charge in [-0.2, -0.15) is 0 Å². The Morgan fingerprint density at radius 1 is 0.973 bits per heavy atom. The van der Waals surface area contributed by atoms with E-state index in [9.17, 15) is 14.4 Å². The smallest absolute Gasteiger partial charge is 0.253 e. The molecule has 3 aromatic carbocycles. The molecule has 1 aliphatic rings. The third-order valence-corrected chi connectivity index (χ3v) is 6.06. The topological polar surface area (TPSA) is 97.0 Å². The molecule has 1 fully saturated rings. The average Bonchev–Trinajstić information content (AvgIpc) is 3.29. The van der Waals surface area contributed by atoms with Crippen molar-refractivity contribution in [3.05, 3.63) is 83.9 Å². The van der Waals surface area contributed by atoms with Crippen molar-refractivity contribution in [2.45, 2.75) is 32.9 Å². The standard InChI is InChI=1S/C29H31N3O5/c1-19(2)37-24-14-10-22(11-15-24)32-18-21(16-27(32)33)28(34)31-26-7-5-4-6-25(26)29(35)30-17-20-8-12-23(36-3)13-9-20/h4-15,19,21H,16-18H2,1-3H3,(H,30,35)(H,31,34)/t21-/m1/s1. The maximum Gasteiger partial charge on any atom is 0.253 e. The number of hydrogen-bond donors (Lipinski definition) is 2. The highest BCUT2D eigenvalue weighted by Gasteiger charge is 2.35. The summed E-state index contributed by atoms with van der Waals surface area (Å²) < 4.78 is 10.8. The van der Waals surface area contributed by atoms with Crippen LogP contribution in [-0.4, -0.2) is 37.5 Å². The third kappa shape index (κ3) is 6.46. The summed E-state index contributed by atoms with van der Waals surface area (Å²) in [7, 11) is 1.60. The highest BCUT2D eigenvalue weighted by Crippen LogP contribution is 2.28.